The SMILES string of the molecule is C/C(Cl)=C\COC(C(=O)O)C(C)C. The Morgan fingerprint density at radius 2 is 2.15 bits per heavy atom. The van der Waals surface area contributed by atoms with Crippen LogP contribution in [0.15, 0.2) is 11.1 Å². The van der Waals surface area contributed by atoms with Crippen LogP contribution in [0, 0.1) is 5.92 Å². The number of allylic oxidation sites excluding steroid dienone is 1. The van der Waals surface area contributed by atoms with Crippen molar-refractivity contribution >= 4 is 17.6 Å². The van der Waals surface area contributed by atoms with Crippen LogP contribution in [0.5, 0.6) is 0 Å². The molecule has 4 heteroatoms. The maximum Gasteiger partial charge on any atom is 0.333 e. The highest BCUT2D eigenvalue weighted by Crippen LogP contribution is 2.07. The first-order chi connectivity index (χ1) is 5.95. The molecule has 0 spiro atoms. The van der Waals surface area contributed by atoms with E-state index in [0.29, 0.717) is 5.03 Å². The van der Waals surface area contributed by atoms with Crippen LogP contribution < -0.4 is 0 Å². The highest BCUT2D eigenvalue weighted by Gasteiger charge is 2.21. The molecule has 0 aromatic heterocycles. The summed E-state index contributed by atoms with van der Waals surface area (Å²) in [4.78, 5) is 10.6. The molecule has 0 heterocycles. The molecule has 0 aromatic rings. The Hall–Kier alpha value is -0.540. The van der Waals surface area contributed by atoms with Crippen molar-refractivity contribution in [2.45, 2.75) is 26.9 Å². The molecule has 1 unspecified atom stereocenters. The summed E-state index contributed by atoms with van der Waals surface area (Å²) in [6, 6.07) is 0. The molecule has 76 valence electrons. The zero-order valence-electron chi connectivity index (χ0n) is 8.08. The topological polar surface area (TPSA) is 46.5 Å². The van der Waals surface area contributed by atoms with E-state index in [1.807, 2.05) is 0 Å². The summed E-state index contributed by atoms with van der Waals surface area (Å²) in [5.74, 6) is -0.975. The van der Waals surface area contributed by atoms with Gasteiger partial charge in [0.2, 0.25) is 0 Å². The van der Waals surface area contributed by atoms with Crippen molar-refractivity contribution in [3.63, 3.8) is 0 Å². The largest absolute Gasteiger partial charge is 0.479 e. The number of carboxylic acids is 1. The molecule has 0 aromatic carbocycles. The molecule has 3 nitrogen and oxygen atoms in total. The van der Waals surface area contributed by atoms with Gasteiger partial charge in [0, 0.05) is 5.03 Å². The molecule has 0 aliphatic carbocycles. The molecular weight excluding hydrogens is 192 g/mol. The molecule has 0 bridgehead atoms. The quantitative estimate of drug-likeness (QED) is 0.751. The average Bonchev–Trinajstić information content (AvgIpc) is 1.95. The van der Waals surface area contributed by atoms with Crippen molar-refractivity contribution in [3.05, 3.63) is 11.1 Å². The average molecular weight is 207 g/mol. The minimum atomic E-state index is -0.935. The van der Waals surface area contributed by atoms with E-state index in [0.717, 1.165) is 0 Å². The number of aliphatic carboxylic acids is 1. The van der Waals surface area contributed by atoms with E-state index in [-0.39, 0.29) is 12.5 Å². The lowest BCUT2D eigenvalue weighted by Gasteiger charge is -2.15. The Balaban J connectivity index is 3.98. The fourth-order valence-corrected chi connectivity index (χ4v) is 0.878. The molecule has 0 radical (unpaired) electrons. The second-order valence-corrected chi connectivity index (χ2v) is 3.72. The maximum absolute atomic E-state index is 10.6. The lowest BCUT2D eigenvalue weighted by Crippen LogP contribution is -2.29. The fourth-order valence-electron chi connectivity index (χ4n) is 0.816. The van der Waals surface area contributed by atoms with Crippen molar-refractivity contribution in [2.24, 2.45) is 5.92 Å². The van der Waals surface area contributed by atoms with Crippen molar-refractivity contribution in [1.29, 1.82) is 0 Å². The van der Waals surface area contributed by atoms with Crippen LogP contribution in [0.3, 0.4) is 0 Å². The molecule has 0 rings (SSSR count). The number of hydrogen-bond acceptors (Lipinski definition) is 2. The van der Waals surface area contributed by atoms with E-state index >= 15 is 0 Å². The normalized spacial score (nSPS) is 14.7. The summed E-state index contributed by atoms with van der Waals surface area (Å²) in [5.41, 5.74) is 0. The van der Waals surface area contributed by atoms with Gasteiger partial charge in [-0.3, -0.25) is 0 Å². The third-order valence-corrected chi connectivity index (χ3v) is 1.64. The van der Waals surface area contributed by atoms with Gasteiger partial charge in [-0.25, -0.2) is 4.79 Å². The number of carbonyl (C=O) groups is 1. The molecule has 0 fully saturated rings. The highest BCUT2D eigenvalue weighted by molar-refractivity contribution is 6.29. The monoisotopic (exact) mass is 206 g/mol. The van der Waals surface area contributed by atoms with Gasteiger partial charge < -0.3 is 9.84 Å². The first-order valence-corrected chi connectivity index (χ1v) is 4.49. The van der Waals surface area contributed by atoms with Gasteiger partial charge in [0.15, 0.2) is 6.10 Å². The molecule has 13 heavy (non-hydrogen) atoms. The Morgan fingerprint density at radius 3 is 2.46 bits per heavy atom. The highest BCUT2D eigenvalue weighted by atomic mass is 35.5. The zero-order chi connectivity index (χ0) is 10.4. The molecule has 0 saturated carbocycles. The number of hydrogen-bond donors (Lipinski definition) is 1. The zero-order valence-corrected chi connectivity index (χ0v) is 8.84. The second-order valence-electron chi connectivity index (χ2n) is 3.13. The van der Waals surface area contributed by atoms with Crippen molar-refractivity contribution in [3.8, 4) is 0 Å². The van der Waals surface area contributed by atoms with Crippen molar-refractivity contribution in [2.75, 3.05) is 6.61 Å². The van der Waals surface area contributed by atoms with Crippen LogP contribution in [-0.4, -0.2) is 23.8 Å². The van der Waals surface area contributed by atoms with Gasteiger partial charge in [-0.05, 0) is 18.9 Å². The van der Waals surface area contributed by atoms with Crippen LogP contribution in [0.1, 0.15) is 20.8 Å². The molecule has 0 aliphatic rings. The summed E-state index contributed by atoms with van der Waals surface area (Å²) in [6.45, 7) is 5.56. The molecule has 0 amide bonds. The van der Waals surface area contributed by atoms with Gasteiger partial charge in [-0.2, -0.15) is 0 Å². The molecular formula is C9H15ClO3. The Morgan fingerprint density at radius 1 is 1.62 bits per heavy atom. The number of ether oxygens (including phenoxy) is 1. The van der Waals surface area contributed by atoms with E-state index in [2.05, 4.69) is 0 Å². The second kappa shape index (κ2) is 6.00. The van der Waals surface area contributed by atoms with E-state index in [4.69, 9.17) is 21.4 Å². The first kappa shape index (κ1) is 12.5. The number of rotatable bonds is 5. The van der Waals surface area contributed by atoms with Crippen molar-refractivity contribution in [1.82, 2.24) is 0 Å². The lowest BCUT2D eigenvalue weighted by molar-refractivity contribution is -0.152. The van der Waals surface area contributed by atoms with Gasteiger partial charge in [-0.15, -0.1) is 0 Å². The lowest BCUT2D eigenvalue weighted by atomic mass is 10.1. The summed E-state index contributed by atoms with van der Waals surface area (Å²) < 4.78 is 5.12. The van der Waals surface area contributed by atoms with Gasteiger partial charge >= 0.3 is 5.97 Å². The molecule has 1 atom stereocenters. The molecule has 0 saturated heterocycles. The molecule has 0 aliphatic heterocycles. The minimum absolute atomic E-state index is 0.0402. The molecule has 1 N–H and O–H groups in total. The number of halogens is 1. The van der Waals surface area contributed by atoms with Crippen LogP contribution >= 0.6 is 11.6 Å². The summed E-state index contributed by atoms with van der Waals surface area (Å²) in [6.07, 6.45) is 0.882. The van der Waals surface area contributed by atoms with Crippen LogP contribution in [0.25, 0.3) is 0 Å². The van der Waals surface area contributed by atoms with E-state index in [9.17, 15) is 4.79 Å². The summed E-state index contributed by atoms with van der Waals surface area (Å²) >= 11 is 5.55. The van der Waals surface area contributed by atoms with Crippen LogP contribution in [-0.2, 0) is 9.53 Å². The van der Waals surface area contributed by atoms with Gasteiger partial charge in [-0.1, -0.05) is 25.4 Å². The van der Waals surface area contributed by atoms with E-state index in [1.165, 1.54) is 0 Å². The van der Waals surface area contributed by atoms with E-state index < -0.39 is 12.1 Å². The Bertz CT molecular complexity index is 195. The standard InChI is InChI=1S/C9H15ClO3/c1-6(2)8(9(11)12)13-5-4-7(3)10/h4,6,8H,5H2,1-3H3,(H,11,12)/b7-4+. The predicted octanol–water partition coefficient (Wildman–Crippen LogP) is 2.25. The third kappa shape index (κ3) is 5.66. The first-order valence-electron chi connectivity index (χ1n) is 4.11. The summed E-state index contributed by atoms with van der Waals surface area (Å²) in [7, 11) is 0. The van der Waals surface area contributed by atoms with Crippen molar-refractivity contribution < 1.29 is 14.6 Å². The van der Waals surface area contributed by atoms with E-state index in [1.54, 1.807) is 26.8 Å². The van der Waals surface area contributed by atoms with Crippen LogP contribution in [0.2, 0.25) is 0 Å². The van der Waals surface area contributed by atoms with Crippen LogP contribution in [0.4, 0.5) is 0 Å². The fraction of sp³-hybridized carbons (Fsp3) is 0.667. The van der Waals surface area contributed by atoms with Gasteiger partial charge in [0.1, 0.15) is 0 Å². The smallest absolute Gasteiger partial charge is 0.333 e. The Kier molecular flexibility index (Phi) is 5.75. The number of carboxylic acid groups (broad SMARTS) is 1. The Labute approximate surface area is 83.3 Å². The third-order valence-electron chi connectivity index (χ3n) is 1.49. The maximum atomic E-state index is 10.6. The van der Waals surface area contributed by atoms with Gasteiger partial charge in [0.25, 0.3) is 0 Å². The minimum Gasteiger partial charge on any atom is -0.479 e. The summed E-state index contributed by atoms with van der Waals surface area (Å²) in [5, 5.41) is 9.33. The van der Waals surface area contributed by atoms with Gasteiger partial charge in [0.05, 0.1) is 6.61 Å². The predicted molar refractivity (Wildman–Crippen MR) is 51.8 cm³/mol.